The van der Waals surface area contributed by atoms with Crippen molar-refractivity contribution in [2.24, 2.45) is 0 Å². The monoisotopic (exact) mass is 914 g/mol. The molecule has 6 heteroatoms. The number of hydrogen-bond donors (Lipinski definition) is 3. The first-order valence-electron chi connectivity index (χ1n) is 28.8. The molecule has 0 heterocycles. The van der Waals surface area contributed by atoms with Gasteiger partial charge in [-0.25, -0.2) is 0 Å². The Labute approximate surface area is 404 Å². The molecule has 0 aliphatic carbocycles. The van der Waals surface area contributed by atoms with Gasteiger partial charge in [0.2, 0.25) is 5.91 Å². The standard InChI is InChI=1S/C59H111NO5/c1-3-5-7-9-11-13-15-17-18-19-20-21-22-23-24-25-26-28-31-35-39-43-47-51-57(62)56(55-61)60-58(63)52-48-44-40-36-32-29-30-34-38-42-46-50-54-65-59(64)53-49-45-41-37-33-27-16-14-12-10-8-6-4-2/h14,16,30,34,47,51,56-57,61-62H,3-13,15,17-29,31-33,35-46,48-50,52-55H2,1-2H3,(H,60,63)/b16-14-,34-30-,51-47+. The van der Waals surface area contributed by atoms with E-state index in [1.807, 2.05) is 6.08 Å². The van der Waals surface area contributed by atoms with Crippen LogP contribution in [0.1, 0.15) is 303 Å². The number of carbonyl (C=O) groups excluding carboxylic acids is 2. The number of ether oxygens (including phenoxy) is 1. The molecule has 6 nitrogen and oxygen atoms in total. The Balaban J connectivity index is 3.54. The molecule has 0 spiro atoms. The van der Waals surface area contributed by atoms with E-state index in [-0.39, 0.29) is 18.5 Å². The van der Waals surface area contributed by atoms with Gasteiger partial charge < -0.3 is 20.3 Å². The first-order chi connectivity index (χ1) is 32.0. The average Bonchev–Trinajstić information content (AvgIpc) is 3.31. The van der Waals surface area contributed by atoms with E-state index in [1.165, 1.54) is 193 Å². The van der Waals surface area contributed by atoms with Gasteiger partial charge in [0.05, 0.1) is 25.4 Å². The summed E-state index contributed by atoms with van der Waals surface area (Å²) in [4.78, 5) is 24.5. The topological polar surface area (TPSA) is 95.9 Å². The number of esters is 1. The zero-order valence-electron chi connectivity index (χ0n) is 43.5. The second-order valence-electron chi connectivity index (χ2n) is 19.6. The lowest BCUT2D eigenvalue weighted by Crippen LogP contribution is -2.45. The second kappa shape index (κ2) is 54.7. The van der Waals surface area contributed by atoms with E-state index >= 15 is 0 Å². The van der Waals surface area contributed by atoms with E-state index in [0.29, 0.717) is 19.4 Å². The molecule has 2 unspecified atom stereocenters. The number of unbranched alkanes of at least 4 members (excludes halogenated alkanes) is 38. The normalized spacial score (nSPS) is 12.9. The highest BCUT2D eigenvalue weighted by Gasteiger charge is 2.18. The van der Waals surface area contributed by atoms with E-state index in [1.54, 1.807) is 6.08 Å². The number of carbonyl (C=O) groups is 2. The number of nitrogens with one attached hydrogen (secondary N) is 1. The molecule has 0 aromatic rings. The zero-order valence-corrected chi connectivity index (χ0v) is 43.5. The van der Waals surface area contributed by atoms with Crippen molar-refractivity contribution in [1.82, 2.24) is 5.32 Å². The molecular weight excluding hydrogens is 803 g/mol. The Kier molecular flexibility index (Phi) is 53.1. The minimum absolute atomic E-state index is 0.0335. The van der Waals surface area contributed by atoms with Crippen molar-refractivity contribution in [3.63, 3.8) is 0 Å². The minimum Gasteiger partial charge on any atom is -0.466 e. The fraction of sp³-hybridized carbons (Fsp3) is 0.864. The predicted octanol–water partition coefficient (Wildman–Crippen LogP) is 17.6. The van der Waals surface area contributed by atoms with Gasteiger partial charge in [0.15, 0.2) is 0 Å². The number of allylic oxidation sites excluding steroid dienone is 5. The lowest BCUT2D eigenvalue weighted by molar-refractivity contribution is -0.143. The van der Waals surface area contributed by atoms with Crippen LogP contribution in [-0.4, -0.2) is 47.4 Å². The van der Waals surface area contributed by atoms with Crippen molar-refractivity contribution in [3.05, 3.63) is 36.5 Å². The second-order valence-corrected chi connectivity index (χ2v) is 19.6. The van der Waals surface area contributed by atoms with Gasteiger partial charge in [-0.2, -0.15) is 0 Å². The van der Waals surface area contributed by atoms with Crippen LogP contribution in [0.3, 0.4) is 0 Å². The Morgan fingerprint density at radius 1 is 0.415 bits per heavy atom. The van der Waals surface area contributed by atoms with Gasteiger partial charge in [-0.1, -0.05) is 237 Å². The van der Waals surface area contributed by atoms with Crippen molar-refractivity contribution in [1.29, 1.82) is 0 Å². The Bertz CT molecular complexity index is 1060. The molecule has 0 aliphatic heterocycles. The number of rotatable bonds is 53. The molecule has 0 aliphatic rings. The predicted molar refractivity (Wildman–Crippen MR) is 283 cm³/mol. The highest BCUT2D eigenvalue weighted by Crippen LogP contribution is 2.16. The fourth-order valence-corrected chi connectivity index (χ4v) is 8.68. The molecule has 0 rings (SSSR count). The third-order valence-electron chi connectivity index (χ3n) is 13.1. The van der Waals surface area contributed by atoms with Crippen LogP contribution in [0.5, 0.6) is 0 Å². The van der Waals surface area contributed by atoms with E-state index in [2.05, 4.69) is 43.5 Å². The largest absolute Gasteiger partial charge is 0.466 e. The van der Waals surface area contributed by atoms with Crippen LogP contribution in [0.25, 0.3) is 0 Å². The van der Waals surface area contributed by atoms with Crippen LogP contribution in [0, 0.1) is 0 Å². The van der Waals surface area contributed by atoms with E-state index < -0.39 is 12.1 Å². The van der Waals surface area contributed by atoms with Crippen LogP contribution in [0.4, 0.5) is 0 Å². The highest BCUT2D eigenvalue weighted by molar-refractivity contribution is 5.76. The van der Waals surface area contributed by atoms with Crippen molar-refractivity contribution in [2.75, 3.05) is 13.2 Å². The summed E-state index contributed by atoms with van der Waals surface area (Å²) in [6, 6.07) is -0.648. The molecule has 3 N–H and O–H groups in total. The van der Waals surface area contributed by atoms with Crippen molar-refractivity contribution < 1.29 is 24.5 Å². The molecule has 1 amide bonds. The molecule has 0 aromatic heterocycles. The molecule has 2 atom stereocenters. The van der Waals surface area contributed by atoms with Gasteiger partial charge >= 0.3 is 5.97 Å². The minimum atomic E-state index is -0.862. The summed E-state index contributed by atoms with van der Waals surface area (Å²) in [6.45, 7) is 4.83. The van der Waals surface area contributed by atoms with Crippen LogP contribution in [0.15, 0.2) is 36.5 Å². The summed E-state index contributed by atoms with van der Waals surface area (Å²) >= 11 is 0. The lowest BCUT2D eigenvalue weighted by atomic mass is 10.0. The van der Waals surface area contributed by atoms with E-state index in [0.717, 1.165) is 83.5 Å². The molecular formula is C59H111NO5. The quantitative estimate of drug-likeness (QED) is 0.0321. The van der Waals surface area contributed by atoms with Crippen molar-refractivity contribution in [2.45, 2.75) is 315 Å². The first kappa shape index (κ1) is 63.1. The molecule has 65 heavy (non-hydrogen) atoms. The summed E-state index contributed by atoms with van der Waals surface area (Å²) < 4.78 is 5.44. The molecule has 0 saturated carbocycles. The molecule has 0 aromatic carbocycles. The molecule has 382 valence electrons. The third-order valence-corrected chi connectivity index (χ3v) is 13.1. The smallest absolute Gasteiger partial charge is 0.305 e. The molecule has 0 bridgehead atoms. The van der Waals surface area contributed by atoms with Gasteiger partial charge in [0.1, 0.15) is 0 Å². The average molecular weight is 915 g/mol. The Morgan fingerprint density at radius 3 is 1.11 bits per heavy atom. The highest BCUT2D eigenvalue weighted by atomic mass is 16.5. The summed E-state index contributed by atoms with van der Waals surface area (Å²) in [5.74, 6) is -0.126. The van der Waals surface area contributed by atoms with E-state index in [9.17, 15) is 19.8 Å². The first-order valence-corrected chi connectivity index (χ1v) is 28.8. The zero-order chi connectivity index (χ0) is 47.2. The van der Waals surface area contributed by atoms with Crippen LogP contribution >= 0.6 is 0 Å². The van der Waals surface area contributed by atoms with Gasteiger partial charge in [0.25, 0.3) is 0 Å². The third kappa shape index (κ3) is 51.3. The number of aliphatic hydroxyl groups excluding tert-OH is 2. The van der Waals surface area contributed by atoms with Crippen molar-refractivity contribution in [3.8, 4) is 0 Å². The summed E-state index contributed by atoms with van der Waals surface area (Å²) in [7, 11) is 0. The van der Waals surface area contributed by atoms with Crippen LogP contribution < -0.4 is 5.32 Å². The molecule has 0 fully saturated rings. The van der Waals surface area contributed by atoms with Crippen molar-refractivity contribution >= 4 is 11.9 Å². The summed E-state index contributed by atoms with van der Waals surface area (Å²) in [5, 5.41) is 23.2. The van der Waals surface area contributed by atoms with Gasteiger partial charge in [-0.3, -0.25) is 9.59 Å². The Hall–Kier alpha value is -1.92. The van der Waals surface area contributed by atoms with Crippen LogP contribution in [-0.2, 0) is 14.3 Å². The van der Waals surface area contributed by atoms with Crippen LogP contribution in [0.2, 0.25) is 0 Å². The number of aliphatic hydroxyl groups is 2. The number of hydrogen-bond acceptors (Lipinski definition) is 5. The summed E-state index contributed by atoms with van der Waals surface area (Å²) in [6.07, 6.45) is 67.4. The van der Waals surface area contributed by atoms with Gasteiger partial charge in [0, 0.05) is 12.8 Å². The Morgan fingerprint density at radius 2 is 0.723 bits per heavy atom. The number of amides is 1. The van der Waals surface area contributed by atoms with Gasteiger partial charge in [-0.15, -0.1) is 0 Å². The van der Waals surface area contributed by atoms with Gasteiger partial charge in [-0.05, 0) is 89.9 Å². The van der Waals surface area contributed by atoms with E-state index in [4.69, 9.17) is 4.74 Å². The lowest BCUT2D eigenvalue weighted by Gasteiger charge is -2.20. The maximum absolute atomic E-state index is 12.5. The molecule has 0 radical (unpaired) electrons. The molecule has 0 saturated heterocycles. The SMILES string of the molecule is CCCCCC/C=C\CCCCCCCC(=O)OCCCCC/C=C\CCCCCCCC(=O)NC(CO)C(O)/C=C/CCCCCCCCCCCCCCCCCCCCCCC. The summed E-state index contributed by atoms with van der Waals surface area (Å²) in [5.41, 5.74) is 0. The maximum atomic E-state index is 12.5. The maximum Gasteiger partial charge on any atom is 0.305 e. The fourth-order valence-electron chi connectivity index (χ4n) is 8.68.